The summed E-state index contributed by atoms with van der Waals surface area (Å²) in [5, 5.41) is 0. The molecule has 0 spiro atoms. The summed E-state index contributed by atoms with van der Waals surface area (Å²) < 4.78 is 32.9. The highest BCUT2D eigenvalue weighted by molar-refractivity contribution is 7.89. The van der Waals surface area contributed by atoms with Crippen molar-refractivity contribution in [2.24, 2.45) is 0 Å². The van der Waals surface area contributed by atoms with Gasteiger partial charge in [-0.2, -0.15) is 4.72 Å². The quantitative estimate of drug-likeness (QED) is 0.885. The minimum atomic E-state index is -3.68. The van der Waals surface area contributed by atoms with Crippen LogP contribution in [0.4, 0.5) is 0 Å². The average Bonchev–Trinajstić information content (AvgIpc) is 2.49. The molecule has 0 amide bonds. The Morgan fingerprint density at radius 2 is 1.90 bits per heavy atom. The highest BCUT2D eigenvalue weighted by Gasteiger charge is 2.32. The maximum absolute atomic E-state index is 12.5. The predicted octanol–water partition coefficient (Wildman–Crippen LogP) is 1.92. The topological polar surface area (TPSA) is 68.3 Å². The molecule has 1 N–H and O–H groups in total. The second-order valence-corrected chi connectivity index (χ2v) is 6.61. The zero-order valence-corrected chi connectivity index (χ0v) is 12.8. The van der Waals surface area contributed by atoms with E-state index >= 15 is 0 Å². The van der Waals surface area contributed by atoms with Gasteiger partial charge < -0.3 is 4.74 Å². The third-order valence-electron chi connectivity index (χ3n) is 3.15. The number of rotatable bonds is 6. The van der Waals surface area contributed by atoms with Gasteiger partial charge in [0.1, 0.15) is 4.90 Å². The Hall–Kier alpha value is -1.76. The fourth-order valence-electron chi connectivity index (χ4n) is 2.13. The van der Waals surface area contributed by atoms with Crippen molar-refractivity contribution in [3.05, 3.63) is 60.4 Å². The van der Waals surface area contributed by atoms with Crippen molar-refractivity contribution in [3.8, 4) is 0 Å². The molecule has 0 aliphatic carbocycles. The van der Waals surface area contributed by atoms with Crippen LogP contribution in [0.3, 0.4) is 0 Å². The van der Waals surface area contributed by atoms with E-state index in [-0.39, 0.29) is 11.5 Å². The third-order valence-corrected chi connectivity index (χ3v) is 4.73. The second kappa shape index (κ2) is 6.34. The Kier molecular flexibility index (Phi) is 4.72. The Balaban J connectivity index is 2.37. The largest absolute Gasteiger partial charge is 0.382 e. The molecule has 1 heterocycles. The molecular weight excluding hydrogens is 288 g/mol. The monoisotopic (exact) mass is 306 g/mol. The van der Waals surface area contributed by atoms with Gasteiger partial charge in [-0.1, -0.05) is 30.3 Å². The average molecular weight is 306 g/mol. The molecule has 1 aromatic carbocycles. The molecule has 0 aliphatic heterocycles. The van der Waals surface area contributed by atoms with E-state index in [4.69, 9.17) is 4.74 Å². The van der Waals surface area contributed by atoms with Crippen molar-refractivity contribution in [1.29, 1.82) is 0 Å². The molecule has 0 saturated heterocycles. The zero-order valence-electron chi connectivity index (χ0n) is 12.0. The number of aromatic nitrogens is 1. The van der Waals surface area contributed by atoms with Gasteiger partial charge in [0.15, 0.2) is 0 Å². The number of hydrogen-bond donors (Lipinski definition) is 1. The Bertz CT molecular complexity index is 675. The molecule has 0 fully saturated rings. The van der Waals surface area contributed by atoms with Crippen molar-refractivity contribution in [2.75, 3.05) is 13.7 Å². The maximum atomic E-state index is 12.5. The van der Waals surface area contributed by atoms with Crippen LogP contribution in [0.25, 0.3) is 0 Å². The number of nitrogens with zero attached hydrogens (tertiary/aromatic N) is 1. The molecule has 1 atom stereocenters. The van der Waals surface area contributed by atoms with Gasteiger partial charge in [-0.3, -0.25) is 4.98 Å². The van der Waals surface area contributed by atoms with Crippen LogP contribution in [-0.4, -0.2) is 27.1 Å². The standard InChI is InChI=1S/C15H18N2O3S/c1-15(12-20-2,13-7-4-3-5-8-13)17-21(18,19)14-9-6-10-16-11-14/h3-11,17H,12H2,1-2H3. The lowest BCUT2D eigenvalue weighted by atomic mass is 9.94. The molecule has 0 aliphatic rings. The summed E-state index contributed by atoms with van der Waals surface area (Å²) in [6.07, 6.45) is 2.85. The smallest absolute Gasteiger partial charge is 0.242 e. The number of benzene rings is 1. The van der Waals surface area contributed by atoms with Gasteiger partial charge in [-0.15, -0.1) is 0 Å². The Morgan fingerprint density at radius 3 is 2.48 bits per heavy atom. The number of methoxy groups -OCH3 is 1. The molecule has 112 valence electrons. The lowest BCUT2D eigenvalue weighted by molar-refractivity contribution is 0.132. The lowest BCUT2D eigenvalue weighted by Gasteiger charge is -2.30. The van der Waals surface area contributed by atoms with Crippen LogP contribution in [0.2, 0.25) is 0 Å². The van der Waals surface area contributed by atoms with Gasteiger partial charge in [-0.05, 0) is 24.6 Å². The van der Waals surface area contributed by atoms with E-state index in [2.05, 4.69) is 9.71 Å². The highest BCUT2D eigenvalue weighted by atomic mass is 32.2. The summed E-state index contributed by atoms with van der Waals surface area (Å²) in [6.45, 7) is 2.01. The maximum Gasteiger partial charge on any atom is 0.242 e. The minimum absolute atomic E-state index is 0.128. The summed E-state index contributed by atoms with van der Waals surface area (Å²) in [5.74, 6) is 0. The highest BCUT2D eigenvalue weighted by Crippen LogP contribution is 2.23. The van der Waals surface area contributed by atoms with Gasteiger partial charge >= 0.3 is 0 Å². The summed E-state index contributed by atoms with van der Waals surface area (Å²) in [6, 6.07) is 12.4. The zero-order chi connectivity index (χ0) is 15.3. The van der Waals surface area contributed by atoms with Crippen LogP contribution in [0.5, 0.6) is 0 Å². The molecule has 0 saturated carbocycles. The van der Waals surface area contributed by atoms with E-state index in [0.29, 0.717) is 0 Å². The minimum Gasteiger partial charge on any atom is -0.382 e. The molecule has 5 nitrogen and oxygen atoms in total. The van der Waals surface area contributed by atoms with Crippen LogP contribution in [0.1, 0.15) is 12.5 Å². The van der Waals surface area contributed by atoms with E-state index in [0.717, 1.165) is 5.56 Å². The van der Waals surface area contributed by atoms with Crippen LogP contribution in [0.15, 0.2) is 59.8 Å². The van der Waals surface area contributed by atoms with Gasteiger partial charge in [0, 0.05) is 19.5 Å². The first-order valence-corrected chi connectivity index (χ1v) is 7.95. The summed E-state index contributed by atoms with van der Waals surface area (Å²) >= 11 is 0. The number of pyridine rings is 1. The van der Waals surface area contributed by atoms with Crippen LogP contribution >= 0.6 is 0 Å². The predicted molar refractivity (Wildman–Crippen MR) is 80.2 cm³/mol. The fraction of sp³-hybridized carbons (Fsp3) is 0.267. The third kappa shape index (κ3) is 3.66. The summed E-state index contributed by atoms with van der Waals surface area (Å²) in [7, 11) is -2.14. The molecule has 1 aromatic heterocycles. The van der Waals surface area contributed by atoms with Crippen molar-refractivity contribution in [1.82, 2.24) is 9.71 Å². The molecule has 21 heavy (non-hydrogen) atoms. The lowest BCUT2D eigenvalue weighted by Crippen LogP contribution is -2.46. The molecular formula is C15H18N2O3S. The summed E-state index contributed by atoms with van der Waals surface area (Å²) in [5.41, 5.74) is -0.0238. The van der Waals surface area contributed by atoms with Crippen LogP contribution < -0.4 is 4.72 Å². The van der Waals surface area contributed by atoms with E-state index in [1.807, 2.05) is 30.3 Å². The SMILES string of the molecule is COCC(C)(NS(=O)(=O)c1cccnc1)c1ccccc1. The van der Waals surface area contributed by atoms with E-state index in [1.54, 1.807) is 20.1 Å². The fourth-order valence-corrected chi connectivity index (χ4v) is 3.47. The molecule has 2 rings (SSSR count). The van der Waals surface area contributed by atoms with Crippen LogP contribution in [0, 0.1) is 0 Å². The Labute approximate surface area is 125 Å². The molecule has 2 aromatic rings. The molecule has 0 bridgehead atoms. The van der Waals surface area contributed by atoms with Crippen LogP contribution in [-0.2, 0) is 20.3 Å². The van der Waals surface area contributed by atoms with E-state index in [9.17, 15) is 8.42 Å². The normalized spacial score (nSPS) is 14.6. The summed E-state index contributed by atoms with van der Waals surface area (Å²) in [4.78, 5) is 3.98. The van der Waals surface area contributed by atoms with Gasteiger partial charge in [0.25, 0.3) is 0 Å². The van der Waals surface area contributed by atoms with Crippen molar-refractivity contribution >= 4 is 10.0 Å². The van der Waals surface area contributed by atoms with Crippen molar-refractivity contribution in [3.63, 3.8) is 0 Å². The number of sulfonamides is 1. The second-order valence-electron chi connectivity index (χ2n) is 4.93. The van der Waals surface area contributed by atoms with Crippen molar-refractivity contribution < 1.29 is 13.2 Å². The van der Waals surface area contributed by atoms with E-state index < -0.39 is 15.6 Å². The molecule has 1 unspecified atom stereocenters. The first-order chi connectivity index (χ1) is 9.98. The van der Waals surface area contributed by atoms with Gasteiger partial charge in [0.05, 0.1) is 12.1 Å². The molecule has 6 heteroatoms. The van der Waals surface area contributed by atoms with Crippen molar-refractivity contribution in [2.45, 2.75) is 17.4 Å². The first-order valence-electron chi connectivity index (χ1n) is 6.46. The van der Waals surface area contributed by atoms with Gasteiger partial charge in [-0.25, -0.2) is 8.42 Å². The Morgan fingerprint density at radius 1 is 1.19 bits per heavy atom. The first kappa shape index (κ1) is 15.6. The number of hydrogen-bond acceptors (Lipinski definition) is 4. The van der Waals surface area contributed by atoms with E-state index in [1.165, 1.54) is 18.5 Å². The molecule has 0 radical (unpaired) electrons. The van der Waals surface area contributed by atoms with Gasteiger partial charge in [0.2, 0.25) is 10.0 Å². The number of ether oxygens (including phenoxy) is 1. The number of nitrogens with one attached hydrogen (secondary N) is 1.